The van der Waals surface area contributed by atoms with Crippen molar-refractivity contribution in [2.24, 2.45) is 0 Å². The third-order valence-corrected chi connectivity index (χ3v) is 6.16. The van der Waals surface area contributed by atoms with E-state index < -0.39 is 53.5 Å². The summed E-state index contributed by atoms with van der Waals surface area (Å²) in [6, 6.07) is 8.34. The number of carbonyl (C=O) groups is 2. The average molecular weight is 618 g/mol. The third-order valence-electron chi connectivity index (χ3n) is 6.16. The Kier molecular flexibility index (Phi) is 11.2. The van der Waals surface area contributed by atoms with Crippen LogP contribution in [0.15, 0.2) is 59.0 Å². The molecule has 1 N–H and O–H groups in total. The SMILES string of the molecule is CCOCCCN(CC(=O)N(Cc1ccc(F)cc1)Cc1ccc(C)o1)C(=O)Nc1cc(C(F)(F)F)cc(C(F)(F)F)c1. The van der Waals surface area contributed by atoms with E-state index in [-0.39, 0.29) is 38.7 Å². The first-order valence-corrected chi connectivity index (χ1v) is 13.2. The summed E-state index contributed by atoms with van der Waals surface area (Å²) < 4.78 is 104. The monoisotopic (exact) mass is 617 g/mol. The van der Waals surface area contributed by atoms with E-state index in [1.165, 1.54) is 29.2 Å². The summed E-state index contributed by atoms with van der Waals surface area (Å²) >= 11 is 0. The van der Waals surface area contributed by atoms with Crippen LogP contribution in [0.2, 0.25) is 0 Å². The molecule has 0 aliphatic carbocycles. The highest BCUT2D eigenvalue weighted by atomic mass is 19.4. The maximum Gasteiger partial charge on any atom is 0.416 e. The summed E-state index contributed by atoms with van der Waals surface area (Å²) in [7, 11) is 0. The Morgan fingerprint density at radius 2 is 1.51 bits per heavy atom. The number of aryl methyl sites for hydroxylation is 1. The molecular weight excluding hydrogens is 587 g/mol. The lowest BCUT2D eigenvalue weighted by molar-refractivity contribution is -0.143. The molecule has 234 valence electrons. The van der Waals surface area contributed by atoms with Crippen LogP contribution >= 0.6 is 0 Å². The smallest absolute Gasteiger partial charge is 0.416 e. The number of amides is 3. The van der Waals surface area contributed by atoms with E-state index in [0.717, 1.165) is 4.90 Å². The molecule has 3 rings (SSSR count). The number of hydrogen-bond acceptors (Lipinski definition) is 4. The molecule has 0 fully saturated rings. The highest BCUT2D eigenvalue weighted by molar-refractivity contribution is 5.92. The van der Waals surface area contributed by atoms with E-state index in [4.69, 9.17) is 9.15 Å². The van der Waals surface area contributed by atoms with Gasteiger partial charge in [0.15, 0.2) is 0 Å². The van der Waals surface area contributed by atoms with Crippen LogP contribution in [-0.2, 0) is 35.0 Å². The molecule has 3 amide bonds. The van der Waals surface area contributed by atoms with Crippen LogP contribution < -0.4 is 5.32 Å². The molecule has 14 heteroatoms. The van der Waals surface area contributed by atoms with Gasteiger partial charge in [-0.3, -0.25) is 4.79 Å². The van der Waals surface area contributed by atoms with Crippen LogP contribution in [0.3, 0.4) is 0 Å². The molecule has 0 bridgehead atoms. The number of furan rings is 1. The highest BCUT2D eigenvalue weighted by Crippen LogP contribution is 2.37. The lowest BCUT2D eigenvalue weighted by Gasteiger charge is -2.28. The fourth-order valence-electron chi connectivity index (χ4n) is 4.05. The van der Waals surface area contributed by atoms with Crippen LogP contribution in [0.1, 0.15) is 41.6 Å². The highest BCUT2D eigenvalue weighted by Gasteiger charge is 2.37. The van der Waals surface area contributed by atoms with Gasteiger partial charge in [0.2, 0.25) is 5.91 Å². The predicted molar refractivity (Wildman–Crippen MR) is 142 cm³/mol. The minimum atomic E-state index is -5.11. The van der Waals surface area contributed by atoms with Crippen LogP contribution in [0, 0.1) is 12.7 Å². The summed E-state index contributed by atoms with van der Waals surface area (Å²) in [5.41, 5.74) is -3.38. The van der Waals surface area contributed by atoms with Gasteiger partial charge in [-0.05, 0) is 68.3 Å². The van der Waals surface area contributed by atoms with Crippen molar-refractivity contribution in [3.8, 4) is 0 Å². The summed E-state index contributed by atoms with van der Waals surface area (Å²) in [6.07, 6.45) is -10.0. The van der Waals surface area contributed by atoms with Gasteiger partial charge < -0.3 is 24.3 Å². The second-order valence-electron chi connectivity index (χ2n) is 9.59. The number of nitrogens with zero attached hydrogens (tertiary/aromatic N) is 2. The molecule has 0 unspecified atom stereocenters. The van der Waals surface area contributed by atoms with Crippen LogP contribution in [-0.4, -0.2) is 48.0 Å². The zero-order chi connectivity index (χ0) is 31.8. The zero-order valence-corrected chi connectivity index (χ0v) is 23.3. The fourth-order valence-corrected chi connectivity index (χ4v) is 4.05. The number of nitrogens with one attached hydrogen (secondary N) is 1. The Hall–Kier alpha value is -4.07. The van der Waals surface area contributed by atoms with E-state index in [1.807, 2.05) is 0 Å². The normalized spacial score (nSPS) is 11.8. The Morgan fingerprint density at radius 3 is 2.05 bits per heavy atom. The number of halogens is 7. The van der Waals surface area contributed by atoms with Crippen molar-refractivity contribution < 1.29 is 49.5 Å². The number of rotatable bonds is 12. The first-order valence-electron chi connectivity index (χ1n) is 13.2. The van der Waals surface area contributed by atoms with Gasteiger partial charge in [-0.1, -0.05) is 12.1 Å². The van der Waals surface area contributed by atoms with Gasteiger partial charge >= 0.3 is 18.4 Å². The Bertz CT molecular complexity index is 1340. The van der Waals surface area contributed by atoms with Crippen molar-refractivity contribution in [2.75, 3.05) is 31.6 Å². The second kappa shape index (κ2) is 14.4. The number of urea groups is 1. The van der Waals surface area contributed by atoms with Crippen molar-refractivity contribution in [3.05, 3.63) is 88.6 Å². The molecule has 0 spiro atoms. The molecule has 1 aromatic heterocycles. The van der Waals surface area contributed by atoms with E-state index in [9.17, 15) is 40.3 Å². The van der Waals surface area contributed by atoms with E-state index >= 15 is 0 Å². The number of alkyl halides is 6. The predicted octanol–water partition coefficient (Wildman–Crippen LogP) is 7.25. The quantitative estimate of drug-likeness (QED) is 0.172. The minimum Gasteiger partial charge on any atom is -0.464 e. The third kappa shape index (κ3) is 10.3. The lowest BCUT2D eigenvalue weighted by atomic mass is 10.1. The van der Waals surface area contributed by atoms with Gasteiger partial charge in [0.05, 0.1) is 17.7 Å². The second-order valence-corrected chi connectivity index (χ2v) is 9.59. The largest absolute Gasteiger partial charge is 0.464 e. The first-order chi connectivity index (χ1) is 20.2. The molecular formula is C29H30F7N3O4. The molecule has 1 heterocycles. The summed E-state index contributed by atoms with van der Waals surface area (Å²) in [5, 5.41) is 2.08. The van der Waals surface area contributed by atoms with Crippen LogP contribution in [0.5, 0.6) is 0 Å². The van der Waals surface area contributed by atoms with Crippen molar-refractivity contribution in [1.29, 1.82) is 0 Å². The standard InChI is InChI=1S/C29H30F7N3O4/c1-3-42-12-4-11-38(27(41)37-24-14-21(28(31,32)33)13-22(15-24)29(34,35)36)18-26(40)39(17-25-10-5-19(2)43-25)16-20-6-8-23(30)9-7-20/h5-10,13-15H,3-4,11-12,16-18H2,1-2H3,(H,37,41). The van der Waals surface area contributed by atoms with Gasteiger partial charge in [-0.25, -0.2) is 9.18 Å². The van der Waals surface area contributed by atoms with E-state index in [0.29, 0.717) is 35.8 Å². The molecule has 3 aromatic rings. The van der Waals surface area contributed by atoms with E-state index in [2.05, 4.69) is 5.32 Å². The number of anilines is 1. The van der Waals surface area contributed by atoms with Gasteiger partial charge in [0.25, 0.3) is 0 Å². The molecule has 0 aliphatic heterocycles. The molecule has 7 nitrogen and oxygen atoms in total. The number of benzene rings is 2. The maximum atomic E-state index is 13.5. The zero-order valence-electron chi connectivity index (χ0n) is 23.3. The minimum absolute atomic E-state index is 0.00413. The molecule has 0 radical (unpaired) electrons. The van der Waals surface area contributed by atoms with E-state index in [1.54, 1.807) is 26.0 Å². The average Bonchev–Trinajstić information content (AvgIpc) is 3.34. The number of ether oxygens (including phenoxy) is 1. The molecule has 0 atom stereocenters. The molecule has 2 aromatic carbocycles. The molecule has 43 heavy (non-hydrogen) atoms. The summed E-state index contributed by atoms with van der Waals surface area (Å²) in [5.74, 6) is -0.0851. The van der Waals surface area contributed by atoms with Crippen molar-refractivity contribution >= 4 is 17.6 Å². The maximum absolute atomic E-state index is 13.5. The lowest BCUT2D eigenvalue weighted by Crippen LogP contribution is -2.44. The van der Waals surface area contributed by atoms with Crippen LogP contribution in [0.4, 0.5) is 41.2 Å². The Morgan fingerprint density at radius 1 is 0.884 bits per heavy atom. The molecule has 0 saturated carbocycles. The molecule has 0 saturated heterocycles. The van der Waals surface area contributed by atoms with Crippen molar-refractivity contribution in [3.63, 3.8) is 0 Å². The van der Waals surface area contributed by atoms with Crippen molar-refractivity contribution in [2.45, 2.75) is 45.7 Å². The number of carbonyl (C=O) groups excluding carboxylic acids is 2. The Labute approximate surface area is 243 Å². The van der Waals surface area contributed by atoms with Gasteiger partial charge in [0.1, 0.15) is 23.9 Å². The number of hydrogen-bond donors (Lipinski definition) is 1. The van der Waals surface area contributed by atoms with Crippen LogP contribution in [0.25, 0.3) is 0 Å². The summed E-state index contributed by atoms with van der Waals surface area (Å²) in [6.45, 7) is 3.28. The van der Waals surface area contributed by atoms with Gasteiger partial charge in [-0.2, -0.15) is 26.3 Å². The Balaban J connectivity index is 1.87. The van der Waals surface area contributed by atoms with Gasteiger partial charge in [0, 0.05) is 32.0 Å². The fraction of sp³-hybridized carbons (Fsp3) is 0.379. The topological polar surface area (TPSA) is 75.0 Å². The molecule has 0 aliphatic rings. The summed E-state index contributed by atoms with van der Waals surface area (Å²) in [4.78, 5) is 29.0. The van der Waals surface area contributed by atoms with Gasteiger partial charge in [-0.15, -0.1) is 0 Å². The first kappa shape index (κ1) is 33.4. The van der Waals surface area contributed by atoms with Crippen molar-refractivity contribution in [1.82, 2.24) is 9.80 Å².